The number of aromatic nitrogens is 2. The van der Waals surface area contributed by atoms with Gasteiger partial charge in [-0.15, -0.1) is 0 Å². The summed E-state index contributed by atoms with van der Waals surface area (Å²) in [6.45, 7) is 0. The van der Waals surface area contributed by atoms with Gasteiger partial charge in [0.2, 0.25) is 0 Å². The third-order valence-corrected chi connectivity index (χ3v) is 5.94. The van der Waals surface area contributed by atoms with Crippen molar-refractivity contribution >= 4 is 60.9 Å². The van der Waals surface area contributed by atoms with E-state index < -0.39 is 24.2 Å². The van der Waals surface area contributed by atoms with E-state index in [9.17, 15) is 18.0 Å². The monoisotopic (exact) mass is 566 g/mol. The zero-order valence-corrected chi connectivity index (χ0v) is 18.7. The number of fused-ring (bicyclic) bond motifs is 1. The summed E-state index contributed by atoms with van der Waals surface area (Å²) in [5.74, 6) is -0.302. The summed E-state index contributed by atoms with van der Waals surface area (Å²) >= 11 is 12.3. The molecule has 0 unspecified atom stereocenters. The van der Waals surface area contributed by atoms with Crippen LogP contribution >= 0.6 is 43.5 Å². The molecule has 2 aromatic heterocycles. The Morgan fingerprint density at radius 3 is 2.70 bits per heavy atom. The van der Waals surface area contributed by atoms with Gasteiger partial charge in [0.25, 0.3) is 5.91 Å². The summed E-state index contributed by atoms with van der Waals surface area (Å²) in [5, 5.41) is 9.93. The van der Waals surface area contributed by atoms with Crippen molar-refractivity contribution in [2.45, 2.75) is 24.7 Å². The number of rotatable bonds is 3. The predicted octanol–water partition coefficient (Wildman–Crippen LogP) is 6.57. The second-order valence-electron chi connectivity index (χ2n) is 6.55. The molecule has 1 aliphatic rings. The van der Waals surface area contributed by atoms with Crippen LogP contribution in [-0.4, -0.2) is 21.9 Å². The molecule has 12 heteroatoms. The molecule has 1 amide bonds. The van der Waals surface area contributed by atoms with Gasteiger partial charge in [0.05, 0.1) is 10.5 Å². The summed E-state index contributed by atoms with van der Waals surface area (Å²) < 4.78 is 48.1. The fraction of sp³-hybridized carbons (Fsp3) is 0.222. The second kappa shape index (κ2) is 7.93. The largest absolute Gasteiger partial charge is 0.452 e. The molecule has 0 aliphatic carbocycles. The number of nitrogens with one attached hydrogen (secondary N) is 2. The first-order valence-corrected chi connectivity index (χ1v) is 10.5. The van der Waals surface area contributed by atoms with Crippen LogP contribution in [0.4, 0.5) is 24.7 Å². The Bertz CT molecular complexity index is 1120. The van der Waals surface area contributed by atoms with E-state index in [1.54, 1.807) is 30.3 Å². The molecule has 0 saturated carbocycles. The maximum Gasteiger partial charge on any atom is 0.410 e. The molecule has 3 heterocycles. The Balaban J connectivity index is 1.70. The SMILES string of the molecule is O=C(Nc1cccc(Cl)c1)c1nn2c(c1Br)N[C@H](c1ccc(Br)o1)C[C@H]2C(F)(F)F. The molecule has 4 rings (SSSR count). The van der Waals surface area contributed by atoms with E-state index in [1.807, 2.05) is 0 Å². The topological polar surface area (TPSA) is 72.1 Å². The maximum atomic E-state index is 13.8. The molecule has 0 bridgehead atoms. The highest BCUT2D eigenvalue weighted by Crippen LogP contribution is 2.46. The molecule has 1 aromatic carbocycles. The molecule has 6 nitrogen and oxygen atoms in total. The Kier molecular flexibility index (Phi) is 5.62. The summed E-state index contributed by atoms with van der Waals surface area (Å²) in [6.07, 6.45) is -4.93. The van der Waals surface area contributed by atoms with Gasteiger partial charge < -0.3 is 15.1 Å². The minimum atomic E-state index is -4.58. The molecular weight excluding hydrogens is 556 g/mol. The lowest BCUT2D eigenvalue weighted by atomic mass is 10.0. The van der Waals surface area contributed by atoms with E-state index in [0.29, 0.717) is 21.1 Å². The normalized spacial score (nSPS) is 18.6. The molecule has 158 valence electrons. The van der Waals surface area contributed by atoms with Crippen molar-refractivity contribution in [1.29, 1.82) is 0 Å². The van der Waals surface area contributed by atoms with E-state index >= 15 is 0 Å². The third kappa shape index (κ3) is 4.10. The molecule has 2 atom stereocenters. The Labute approximate surface area is 190 Å². The molecular formula is C18H12Br2ClF3N4O2. The van der Waals surface area contributed by atoms with Crippen LogP contribution in [0.1, 0.15) is 34.8 Å². The fourth-order valence-electron chi connectivity index (χ4n) is 3.19. The van der Waals surface area contributed by atoms with Gasteiger partial charge in [-0.1, -0.05) is 17.7 Å². The number of benzene rings is 1. The molecule has 3 aromatic rings. The lowest BCUT2D eigenvalue weighted by Gasteiger charge is -2.32. The average Bonchev–Trinajstić information content (AvgIpc) is 3.24. The van der Waals surface area contributed by atoms with Gasteiger partial charge in [-0.05, 0) is 62.2 Å². The van der Waals surface area contributed by atoms with Crippen molar-refractivity contribution in [3.05, 3.63) is 62.0 Å². The third-order valence-electron chi connectivity index (χ3n) is 4.53. The number of anilines is 2. The Morgan fingerprint density at radius 2 is 2.07 bits per heavy atom. The lowest BCUT2D eigenvalue weighted by Crippen LogP contribution is -2.35. The van der Waals surface area contributed by atoms with Crippen LogP contribution in [0, 0.1) is 0 Å². The predicted molar refractivity (Wildman–Crippen MR) is 112 cm³/mol. The maximum absolute atomic E-state index is 13.8. The van der Waals surface area contributed by atoms with Gasteiger partial charge >= 0.3 is 6.18 Å². The number of nitrogens with zero attached hydrogens (tertiary/aromatic N) is 2. The molecule has 0 spiro atoms. The molecule has 0 fully saturated rings. The zero-order valence-electron chi connectivity index (χ0n) is 14.8. The van der Waals surface area contributed by atoms with Gasteiger partial charge in [0.1, 0.15) is 11.6 Å². The summed E-state index contributed by atoms with van der Waals surface area (Å²) in [6, 6.07) is 6.89. The first-order valence-electron chi connectivity index (χ1n) is 8.57. The van der Waals surface area contributed by atoms with Gasteiger partial charge in [-0.2, -0.15) is 18.3 Å². The number of carbonyl (C=O) groups excluding carboxylic acids is 1. The second-order valence-corrected chi connectivity index (χ2v) is 8.56. The standard InChI is InChI=1S/C18H12Br2ClF3N4O2/c19-13-5-4-11(30-13)10-7-12(18(22,23)24)28-16(26-10)14(20)15(27-28)17(29)25-9-3-1-2-8(21)6-9/h1-6,10,12,26H,7H2,(H,25,29)/t10-,12-/m0/s1. The van der Waals surface area contributed by atoms with E-state index in [-0.39, 0.29) is 22.4 Å². The molecule has 0 saturated heterocycles. The Morgan fingerprint density at radius 1 is 1.30 bits per heavy atom. The van der Waals surface area contributed by atoms with Crippen LogP contribution in [0.15, 0.2) is 50.0 Å². The van der Waals surface area contributed by atoms with Crippen molar-refractivity contribution in [3.8, 4) is 0 Å². The summed E-state index contributed by atoms with van der Waals surface area (Å²) in [5.41, 5.74) is 0.206. The number of hydrogen-bond acceptors (Lipinski definition) is 4. The van der Waals surface area contributed by atoms with Gasteiger partial charge in [-0.3, -0.25) is 4.79 Å². The quantitative estimate of drug-likeness (QED) is 0.375. The Hall–Kier alpha value is -1.98. The summed E-state index contributed by atoms with van der Waals surface area (Å²) in [4.78, 5) is 12.7. The first kappa shape index (κ1) is 21.3. The lowest BCUT2D eigenvalue weighted by molar-refractivity contribution is -0.174. The van der Waals surface area contributed by atoms with Gasteiger partial charge in [0.15, 0.2) is 16.4 Å². The van der Waals surface area contributed by atoms with E-state index in [0.717, 1.165) is 4.68 Å². The average molecular weight is 569 g/mol. The van der Waals surface area contributed by atoms with Crippen molar-refractivity contribution < 1.29 is 22.4 Å². The highest BCUT2D eigenvalue weighted by molar-refractivity contribution is 9.10. The van der Waals surface area contributed by atoms with Crippen LogP contribution in [0.5, 0.6) is 0 Å². The smallest absolute Gasteiger partial charge is 0.410 e. The number of hydrogen-bond donors (Lipinski definition) is 2. The fourth-order valence-corrected chi connectivity index (χ4v) is 4.26. The van der Waals surface area contributed by atoms with Gasteiger partial charge in [-0.25, -0.2) is 4.68 Å². The zero-order chi connectivity index (χ0) is 21.6. The first-order chi connectivity index (χ1) is 14.1. The molecule has 2 N–H and O–H groups in total. The van der Waals surface area contributed by atoms with Crippen molar-refractivity contribution in [2.24, 2.45) is 0 Å². The van der Waals surface area contributed by atoms with E-state index in [1.165, 1.54) is 6.07 Å². The van der Waals surface area contributed by atoms with Crippen LogP contribution < -0.4 is 10.6 Å². The molecule has 30 heavy (non-hydrogen) atoms. The van der Waals surface area contributed by atoms with Crippen LogP contribution in [0.25, 0.3) is 0 Å². The number of halogens is 6. The summed E-state index contributed by atoms with van der Waals surface area (Å²) in [7, 11) is 0. The van der Waals surface area contributed by atoms with Crippen LogP contribution in [0.2, 0.25) is 5.02 Å². The molecule has 1 aliphatic heterocycles. The number of amides is 1. The minimum Gasteiger partial charge on any atom is -0.452 e. The van der Waals surface area contributed by atoms with Gasteiger partial charge in [0, 0.05) is 17.1 Å². The van der Waals surface area contributed by atoms with Crippen molar-refractivity contribution in [1.82, 2.24) is 9.78 Å². The van der Waals surface area contributed by atoms with Crippen LogP contribution in [0.3, 0.4) is 0 Å². The number of alkyl halides is 3. The number of furan rings is 1. The minimum absolute atomic E-state index is 0.0392. The molecule has 0 radical (unpaired) electrons. The van der Waals surface area contributed by atoms with Crippen molar-refractivity contribution in [3.63, 3.8) is 0 Å². The highest BCUT2D eigenvalue weighted by atomic mass is 79.9. The van der Waals surface area contributed by atoms with E-state index in [4.69, 9.17) is 16.0 Å². The van der Waals surface area contributed by atoms with Crippen LogP contribution in [-0.2, 0) is 0 Å². The number of carbonyl (C=O) groups is 1. The van der Waals surface area contributed by atoms with Crippen molar-refractivity contribution in [2.75, 3.05) is 10.6 Å². The highest BCUT2D eigenvalue weighted by Gasteiger charge is 2.48. The van der Waals surface area contributed by atoms with E-state index in [2.05, 4.69) is 47.6 Å².